The number of oxime groups is 1. The predicted molar refractivity (Wildman–Crippen MR) is 79.4 cm³/mol. The third-order valence-corrected chi connectivity index (χ3v) is 3.29. The highest BCUT2D eigenvalue weighted by Gasteiger charge is 2.12. The van der Waals surface area contributed by atoms with Crippen molar-refractivity contribution in [3.8, 4) is 0 Å². The maximum absolute atomic E-state index is 8.81. The molecule has 0 saturated heterocycles. The standard InChI is InChI=1S/C13H20BrN3O/c1-9(2)6-7-17(3)12-8-10(14)4-5-11(12)13(15)16-18/h4-5,8-9,18H,6-7H2,1-3H3,(H2,15,16). The first-order valence-corrected chi connectivity index (χ1v) is 6.73. The zero-order valence-electron chi connectivity index (χ0n) is 11.0. The van der Waals surface area contributed by atoms with E-state index in [1.54, 1.807) is 0 Å². The first-order valence-electron chi connectivity index (χ1n) is 5.94. The highest BCUT2D eigenvalue weighted by Crippen LogP contribution is 2.25. The van der Waals surface area contributed by atoms with Gasteiger partial charge in [-0.1, -0.05) is 34.9 Å². The lowest BCUT2D eigenvalue weighted by atomic mass is 10.1. The Bertz CT molecular complexity index is 432. The van der Waals surface area contributed by atoms with E-state index in [2.05, 4.69) is 39.8 Å². The van der Waals surface area contributed by atoms with Gasteiger partial charge in [0.05, 0.1) is 0 Å². The number of hydrogen-bond acceptors (Lipinski definition) is 3. The predicted octanol–water partition coefficient (Wildman–Crippen LogP) is 3.03. The van der Waals surface area contributed by atoms with Gasteiger partial charge in [0.25, 0.3) is 0 Å². The Kier molecular flexibility index (Phi) is 5.47. The van der Waals surface area contributed by atoms with Gasteiger partial charge < -0.3 is 15.8 Å². The van der Waals surface area contributed by atoms with E-state index < -0.39 is 0 Å². The van der Waals surface area contributed by atoms with Gasteiger partial charge in [-0.05, 0) is 30.5 Å². The van der Waals surface area contributed by atoms with Crippen molar-refractivity contribution in [2.45, 2.75) is 20.3 Å². The number of nitrogens with zero attached hydrogens (tertiary/aromatic N) is 2. The molecule has 0 aliphatic carbocycles. The van der Waals surface area contributed by atoms with E-state index >= 15 is 0 Å². The molecule has 3 N–H and O–H groups in total. The van der Waals surface area contributed by atoms with E-state index in [-0.39, 0.29) is 5.84 Å². The Labute approximate surface area is 117 Å². The van der Waals surface area contributed by atoms with E-state index in [1.807, 2.05) is 25.2 Å². The summed E-state index contributed by atoms with van der Waals surface area (Å²) in [6.07, 6.45) is 1.10. The second-order valence-electron chi connectivity index (χ2n) is 4.75. The van der Waals surface area contributed by atoms with Crippen LogP contribution in [0.15, 0.2) is 27.8 Å². The Morgan fingerprint density at radius 2 is 2.17 bits per heavy atom. The molecule has 0 unspecified atom stereocenters. The van der Waals surface area contributed by atoms with Crippen LogP contribution in [0, 0.1) is 5.92 Å². The third-order valence-electron chi connectivity index (χ3n) is 2.80. The molecule has 0 saturated carbocycles. The molecule has 1 aromatic rings. The number of anilines is 1. The summed E-state index contributed by atoms with van der Waals surface area (Å²) in [5.41, 5.74) is 7.40. The summed E-state index contributed by atoms with van der Waals surface area (Å²) in [5.74, 6) is 0.779. The van der Waals surface area contributed by atoms with Crippen molar-refractivity contribution in [3.63, 3.8) is 0 Å². The molecule has 5 heteroatoms. The fraction of sp³-hybridized carbons (Fsp3) is 0.462. The van der Waals surface area contributed by atoms with E-state index in [0.29, 0.717) is 5.92 Å². The van der Waals surface area contributed by atoms with E-state index in [9.17, 15) is 0 Å². The van der Waals surface area contributed by atoms with E-state index in [4.69, 9.17) is 10.9 Å². The van der Waals surface area contributed by atoms with Crippen LogP contribution in [0.4, 0.5) is 5.69 Å². The first kappa shape index (κ1) is 14.8. The minimum absolute atomic E-state index is 0.133. The molecule has 4 nitrogen and oxygen atoms in total. The fourth-order valence-electron chi connectivity index (χ4n) is 1.66. The van der Waals surface area contributed by atoms with Gasteiger partial charge in [0.2, 0.25) is 0 Å². The van der Waals surface area contributed by atoms with Gasteiger partial charge in [-0.3, -0.25) is 0 Å². The van der Waals surface area contributed by atoms with Crippen LogP contribution in [0.25, 0.3) is 0 Å². The number of amidine groups is 1. The van der Waals surface area contributed by atoms with Crippen LogP contribution >= 0.6 is 15.9 Å². The van der Waals surface area contributed by atoms with Gasteiger partial charge in [0.15, 0.2) is 5.84 Å². The lowest BCUT2D eigenvalue weighted by molar-refractivity contribution is 0.318. The van der Waals surface area contributed by atoms with Crippen molar-refractivity contribution in [2.75, 3.05) is 18.5 Å². The van der Waals surface area contributed by atoms with Crippen LogP contribution in [0.1, 0.15) is 25.8 Å². The third kappa shape index (κ3) is 3.91. The maximum Gasteiger partial charge on any atom is 0.172 e. The molecule has 18 heavy (non-hydrogen) atoms. The van der Waals surface area contributed by atoms with Crippen LogP contribution < -0.4 is 10.6 Å². The molecule has 0 aromatic heterocycles. The quantitative estimate of drug-likeness (QED) is 0.380. The van der Waals surface area contributed by atoms with E-state index in [0.717, 1.165) is 28.7 Å². The van der Waals surface area contributed by atoms with Crippen LogP contribution in [0.3, 0.4) is 0 Å². The summed E-state index contributed by atoms with van der Waals surface area (Å²) in [6, 6.07) is 5.71. The summed E-state index contributed by atoms with van der Waals surface area (Å²) < 4.78 is 0.975. The average molecular weight is 314 g/mol. The summed E-state index contributed by atoms with van der Waals surface area (Å²) in [4.78, 5) is 2.12. The lowest BCUT2D eigenvalue weighted by Gasteiger charge is -2.23. The normalized spacial score (nSPS) is 11.9. The average Bonchev–Trinajstić information content (AvgIpc) is 2.34. The SMILES string of the molecule is CC(C)CCN(C)c1cc(Br)ccc1/C(N)=N/O. The summed E-state index contributed by atoms with van der Waals surface area (Å²) >= 11 is 3.45. The second kappa shape index (κ2) is 6.64. The maximum atomic E-state index is 8.81. The largest absolute Gasteiger partial charge is 0.409 e. The first-order chi connectivity index (χ1) is 8.45. The minimum atomic E-state index is 0.133. The smallest absolute Gasteiger partial charge is 0.172 e. The van der Waals surface area contributed by atoms with Crippen LogP contribution in [0.5, 0.6) is 0 Å². The number of benzene rings is 1. The number of rotatable bonds is 5. The molecule has 1 rings (SSSR count). The molecule has 1 aromatic carbocycles. The van der Waals surface area contributed by atoms with Gasteiger partial charge >= 0.3 is 0 Å². The van der Waals surface area contributed by atoms with Crippen LogP contribution in [-0.2, 0) is 0 Å². The zero-order valence-corrected chi connectivity index (χ0v) is 12.6. The molecule has 0 bridgehead atoms. The summed E-state index contributed by atoms with van der Waals surface area (Å²) in [6.45, 7) is 5.32. The van der Waals surface area contributed by atoms with Gasteiger partial charge in [-0.25, -0.2) is 0 Å². The molecule has 0 amide bonds. The second-order valence-corrected chi connectivity index (χ2v) is 5.67. The molecule has 0 aliphatic rings. The topological polar surface area (TPSA) is 61.8 Å². The van der Waals surface area contributed by atoms with Crippen LogP contribution in [0.2, 0.25) is 0 Å². The Hall–Kier alpha value is -1.23. The van der Waals surface area contributed by atoms with Crippen LogP contribution in [-0.4, -0.2) is 24.6 Å². The van der Waals surface area contributed by atoms with Gasteiger partial charge in [0.1, 0.15) is 0 Å². The van der Waals surface area contributed by atoms with E-state index in [1.165, 1.54) is 0 Å². The minimum Gasteiger partial charge on any atom is -0.409 e. The fourth-order valence-corrected chi connectivity index (χ4v) is 2.01. The van der Waals surface area contributed by atoms with Crippen molar-refractivity contribution < 1.29 is 5.21 Å². The summed E-state index contributed by atoms with van der Waals surface area (Å²) in [7, 11) is 2.01. The van der Waals surface area contributed by atoms with Crippen molar-refractivity contribution in [1.82, 2.24) is 0 Å². The molecule has 0 aliphatic heterocycles. The van der Waals surface area contributed by atoms with Crippen molar-refractivity contribution in [3.05, 3.63) is 28.2 Å². The Morgan fingerprint density at radius 3 is 2.72 bits per heavy atom. The van der Waals surface area contributed by atoms with Gasteiger partial charge in [-0.15, -0.1) is 0 Å². The molecule has 100 valence electrons. The molecular formula is C13H20BrN3O. The van der Waals surface area contributed by atoms with Crippen molar-refractivity contribution in [1.29, 1.82) is 0 Å². The highest BCUT2D eigenvalue weighted by molar-refractivity contribution is 9.10. The lowest BCUT2D eigenvalue weighted by Crippen LogP contribution is -2.24. The van der Waals surface area contributed by atoms with Gasteiger partial charge in [-0.2, -0.15) is 0 Å². The number of halogens is 1. The highest BCUT2D eigenvalue weighted by atomic mass is 79.9. The van der Waals surface area contributed by atoms with Gasteiger partial charge in [0, 0.05) is 29.3 Å². The zero-order chi connectivity index (χ0) is 13.7. The Morgan fingerprint density at radius 1 is 1.50 bits per heavy atom. The van der Waals surface area contributed by atoms with Crippen molar-refractivity contribution >= 4 is 27.5 Å². The monoisotopic (exact) mass is 313 g/mol. The molecule has 0 radical (unpaired) electrons. The molecule has 0 heterocycles. The molecular weight excluding hydrogens is 294 g/mol. The molecule has 0 atom stereocenters. The van der Waals surface area contributed by atoms with Crippen molar-refractivity contribution in [2.24, 2.45) is 16.8 Å². The summed E-state index contributed by atoms with van der Waals surface area (Å²) in [5, 5.41) is 11.9. The number of nitrogens with two attached hydrogens (primary N) is 1. The molecule has 0 spiro atoms. The number of hydrogen-bond donors (Lipinski definition) is 2. The molecule has 0 fully saturated rings. The Balaban J connectivity index is 3.01.